The molecule has 1 aromatic carbocycles. The van der Waals surface area contributed by atoms with Crippen molar-refractivity contribution in [3.63, 3.8) is 0 Å². The van der Waals surface area contributed by atoms with E-state index in [1.165, 1.54) is 5.56 Å². The van der Waals surface area contributed by atoms with Crippen LogP contribution in [0.3, 0.4) is 0 Å². The number of rotatable bonds is 5. The Balaban J connectivity index is 2.96. The maximum absolute atomic E-state index is 12.2. The molecule has 0 heterocycles. The number of hydrogen-bond donors (Lipinski definition) is 0. The molecular weight excluding hydrogens is 212 g/mol. The van der Waals surface area contributed by atoms with Gasteiger partial charge < -0.3 is 4.74 Å². The molecule has 1 rings (SSSR count). The van der Waals surface area contributed by atoms with Crippen molar-refractivity contribution in [2.45, 2.75) is 39.7 Å². The molecule has 0 amide bonds. The summed E-state index contributed by atoms with van der Waals surface area (Å²) >= 11 is 0. The van der Waals surface area contributed by atoms with Crippen LogP contribution in [-0.4, -0.2) is 18.5 Å². The monoisotopic (exact) mass is 234 g/mol. The molecule has 0 aliphatic rings. The van der Waals surface area contributed by atoms with Gasteiger partial charge in [-0.25, -0.2) is 0 Å². The van der Waals surface area contributed by atoms with Gasteiger partial charge in [0.25, 0.3) is 0 Å². The van der Waals surface area contributed by atoms with Crippen LogP contribution < -0.4 is 0 Å². The summed E-state index contributed by atoms with van der Waals surface area (Å²) in [5.41, 5.74) is 1.18. The zero-order chi connectivity index (χ0) is 13.1. The molecule has 0 aromatic heterocycles. The SMILES string of the molecule is COC(C)(C)C(=O)c1cccc(CC(C)C)c1. The number of ether oxygens (including phenoxy) is 1. The minimum Gasteiger partial charge on any atom is -0.371 e. The van der Waals surface area contributed by atoms with Crippen molar-refractivity contribution in [1.29, 1.82) is 0 Å². The topological polar surface area (TPSA) is 26.3 Å². The summed E-state index contributed by atoms with van der Waals surface area (Å²) in [7, 11) is 1.57. The van der Waals surface area contributed by atoms with Gasteiger partial charge in [0.1, 0.15) is 5.60 Å². The predicted molar refractivity (Wildman–Crippen MR) is 70.4 cm³/mol. The van der Waals surface area contributed by atoms with E-state index < -0.39 is 5.60 Å². The Labute approximate surface area is 104 Å². The van der Waals surface area contributed by atoms with Gasteiger partial charge >= 0.3 is 0 Å². The van der Waals surface area contributed by atoms with E-state index in [1.54, 1.807) is 21.0 Å². The molecular formula is C15H22O2. The molecule has 0 saturated heterocycles. The highest BCUT2D eigenvalue weighted by Crippen LogP contribution is 2.18. The molecule has 0 radical (unpaired) electrons. The lowest BCUT2D eigenvalue weighted by atomic mass is 9.93. The lowest BCUT2D eigenvalue weighted by Crippen LogP contribution is -2.33. The second-order valence-electron chi connectivity index (χ2n) is 5.34. The van der Waals surface area contributed by atoms with E-state index in [4.69, 9.17) is 4.74 Å². The highest BCUT2D eigenvalue weighted by atomic mass is 16.5. The Morgan fingerprint density at radius 3 is 2.53 bits per heavy atom. The van der Waals surface area contributed by atoms with E-state index in [0.29, 0.717) is 5.92 Å². The Morgan fingerprint density at radius 2 is 2.00 bits per heavy atom. The summed E-state index contributed by atoms with van der Waals surface area (Å²) in [4.78, 5) is 12.2. The summed E-state index contributed by atoms with van der Waals surface area (Å²) < 4.78 is 5.23. The summed E-state index contributed by atoms with van der Waals surface area (Å²) in [5, 5.41) is 0. The van der Waals surface area contributed by atoms with Crippen molar-refractivity contribution in [3.05, 3.63) is 35.4 Å². The van der Waals surface area contributed by atoms with E-state index in [0.717, 1.165) is 12.0 Å². The molecule has 0 bridgehead atoms. The second kappa shape index (κ2) is 5.46. The number of hydrogen-bond acceptors (Lipinski definition) is 2. The van der Waals surface area contributed by atoms with Crippen LogP contribution in [0.2, 0.25) is 0 Å². The van der Waals surface area contributed by atoms with Crippen molar-refractivity contribution in [3.8, 4) is 0 Å². The summed E-state index contributed by atoms with van der Waals surface area (Å²) in [6.45, 7) is 7.94. The fourth-order valence-electron chi connectivity index (χ4n) is 1.75. The zero-order valence-electron chi connectivity index (χ0n) is 11.4. The van der Waals surface area contributed by atoms with Crippen molar-refractivity contribution < 1.29 is 9.53 Å². The lowest BCUT2D eigenvalue weighted by Gasteiger charge is -2.21. The van der Waals surface area contributed by atoms with Gasteiger partial charge in [-0.15, -0.1) is 0 Å². The highest BCUT2D eigenvalue weighted by Gasteiger charge is 2.28. The lowest BCUT2D eigenvalue weighted by molar-refractivity contribution is 0.0228. The Hall–Kier alpha value is -1.15. The van der Waals surface area contributed by atoms with Gasteiger partial charge in [0.2, 0.25) is 0 Å². The van der Waals surface area contributed by atoms with Crippen molar-refractivity contribution in [2.24, 2.45) is 5.92 Å². The molecule has 2 heteroatoms. The van der Waals surface area contributed by atoms with Gasteiger partial charge in [-0.3, -0.25) is 4.79 Å². The first-order valence-electron chi connectivity index (χ1n) is 6.05. The number of carbonyl (C=O) groups is 1. The van der Waals surface area contributed by atoms with Crippen molar-refractivity contribution >= 4 is 5.78 Å². The largest absolute Gasteiger partial charge is 0.371 e. The van der Waals surface area contributed by atoms with Gasteiger partial charge in [0, 0.05) is 12.7 Å². The quantitative estimate of drug-likeness (QED) is 0.729. The average molecular weight is 234 g/mol. The average Bonchev–Trinajstić information content (AvgIpc) is 2.27. The van der Waals surface area contributed by atoms with Gasteiger partial charge in [0.05, 0.1) is 0 Å². The van der Waals surface area contributed by atoms with E-state index in [2.05, 4.69) is 19.9 Å². The molecule has 0 fully saturated rings. The minimum atomic E-state index is -0.754. The summed E-state index contributed by atoms with van der Waals surface area (Å²) in [6.07, 6.45) is 0.995. The molecule has 0 saturated carbocycles. The smallest absolute Gasteiger partial charge is 0.194 e. The zero-order valence-corrected chi connectivity index (χ0v) is 11.4. The van der Waals surface area contributed by atoms with Crippen LogP contribution in [0.15, 0.2) is 24.3 Å². The van der Waals surface area contributed by atoms with Crippen LogP contribution in [0.25, 0.3) is 0 Å². The van der Waals surface area contributed by atoms with E-state index in [1.807, 2.05) is 18.2 Å². The first-order valence-corrected chi connectivity index (χ1v) is 6.05. The first kappa shape index (κ1) is 13.9. The summed E-state index contributed by atoms with van der Waals surface area (Å²) in [6, 6.07) is 7.84. The van der Waals surface area contributed by atoms with Crippen LogP contribution in [-0.2, 0) is 11.2 Å². The molecule has 1 aromatic rings. The molecule has 94 valence electrons. The molecule has 0 N–H and O–H groups in total. The van der Waals surface area contributed by atoms with Gasteiger partial charge in [-0.2, -0.15) is 0 Å². The maximum atomic E-state index is 12.2. The normalized spacial score (nSPS) is 11.9. The molecule has 0 spiro atoms. The third kappa shape index (κ3) is 3.67. The van der Waals surface area contributed by atoms with Gasteiger partial charge in [-0.05, 0) is 37.8 Å². The fraction of sp³-hybridized carbons (Fsp3) is 0.533. The minimum absolute atomic E-state index is 0.0330. The first-order chi connectivity index (χ1) is 7.86. The number of Topliss-reactive ketones (excluding diaryl/α,β-unsaturated/α-hetero) is 1. The van der Waals surface area contributed by atoms with Crippen LogP contribution in [0.4, 0.5) is 0 Å². The Morgan fingerprint density at radius 1 is 1.35 bits per heavy atom. The van der Waals surface area contributed by atoms with Crippen molar-refractivity contribution in [1.82, 2.24) is 0 Å². The number of methoxy groups -OCH3 is 1. The molecule has 2 nitrogen and oxygen atoms in total. The number of benzene rings is 1. The van der Waals surface area contributed by atoms with Gasteiger partial charge in [0.15, 0.2) is 5.78 Å². The molecule has 0 atom stereocenters. The summed E-state index contributed by atoms with van der Waals surface area (Å²) in [5.74, 6) is 0.626. The van der Waals surface area contributed by atoms with Crippen LogP contribution in [0.5, 0.6) is 0 Å². The highest BCUT2D eigenvalue weighted by molar-refractivity contribution is 6.02. The maximum Gasteiger partial charge on any atom is 0.194 e. The van der Waals surface area contributed by atoms with Crippen LogP contribution >= 0.6 is 0 Å². The second-order valence-corrected chi connectivity index (χ2v) is 5.34. The van der Waals surface area contributed by atoms with E-state index >= 15 is 0 Å². The molecule has 0 aliphatic carbocycles. The van der Waals surface area contributed by atoms with Crippen LogP contribution in [0.1, 0.15) is 43.6 Å². The number of carbonyl (C=O) groups excluding carboxylic acids is 1. The van der Waals surface area contributed by atoms with Crippen LogP contribution in [0, 0.1) is 5.92 Å². The molecule has 0 aliphatic heterocycles. The van der Waals surface area contributed by atoms with Crippen molar-refractivity contribution in [2.75, 3.05) is 7.11 Å². The predicted octanol–water partition coefficient (Wildman–Crippen LogP) is 3.49. The van der Waals surface area contributed by atoms with E-state index in [-0.39, 0.29) is 5.78 Å². The standard InChI is InChI=1S/C15H22O2/c1-11(2)9-12-7-6-8-13(10-12)14(16)15(3,4)17-5/h6-8,10-11H,9H2,1-5H3. The Bertz CT molecular complexity index is 392. The fourth-order valence-corrected chi connectivity index (χ4v) is 1.75. The molecule has 0 unspecified atom stereocenters. The Kier molecular flexibility index (Phi) is 4.47. The third-order valence-electron chi connectivity index (χ3n) is 2.89. The molecule has 17 heavy (non-hydrogen) atoms. The third-order valence-corrected chi connectivity index (χ3v) is 2.89. The van der Waals surface area contributed by atoms with E-state index in [9.17, 15) is 4.79 Å². The number of ketones is 1. The van der Waals surface area contributed by atoms with Gasteiger partial charge in [-0.1, -0.05) is 32.0 Å².